The van der Waals surface area contributed by atoms with Crippen LogP contribution >= 0.6 is 0 Å². The van der Waals surface area contributed by atoms with Gasteiger partial charge in [0, 0.05) is 25.0 Å². The molecule has 2 aliphatic rings. The molecule has 2 atom stereocenters. The van der Waals surface area contributed by atoms with Crippen LogP contribution in [0.15, 0.2) is 18.7 Å². The first-order chi connectivity index (χ1) is 11.5. The largest absolute Gasteiger partial charge is 0.386 e. The highest BCUT2D eigenvalue weighted by molar-refractivity contribution is 6.06. The Kier molecular flexibility index (Phi) is 4.54. The van der Waals surface area contributed by atoms with Crippen molar-refractivity contribution in [3.05, 3.63) is 24.3 Å². The third-order valence-corrected chi connectivity index (χ3v) is 5.61. The van der Waals surface area contributed by atoms with Crippen molar-refractivity contribution in [1.29, 1.82) is 0 Å². The molecule has 1 aromatic rings. The number of hydrogen-bond donors (Lipinski definition) is 1. The van der Waals surface area contributed by atoms with Crippen molar-refractivity contribution in [2.75, 3.05) is 13.6 Å². The Labute approximate surface area is 141 Å². The maximum absolute atomic E-state index is 13.0. The summed E-state index contributed by atoms with van der Waals surface area (Å²) in [5, 5.41) is 10.3. The minimum Gasteiger partial charge on any atom is -0.386 e. The van der Waals surface area contributed by atoms with Crippen molar-refractivity contribution in [1.82, 2.24) is 19.8 Å². The summed E-state index contributed by atoms with van der Waals surface area (Å²) >= 11 is 0. The summed E-state index contributed by atoms with van der Waals surface area (Å²) in [5.74, 6) is -0.0345. The van der Waals surface area contributed by atoms with Crippen molar-refractivity contribution >= 4 is 11.9 Å². The molecule has 3 rings (SSSR count). The molecule has 1 aromatic heterocycles. The normalized spacial score (nSPS) is 27.0. The van der Waals surface area contributed by atoms with Crippen LogP contribution in [0.2, 0.25) is 0 Å². The van der Waals surface area contributed by atoms with E-state index in [0.29, 0.717) is 5.56 Å². The topological polar surface area (TPSA) is 86.6 Å². The van der Waals surface area contributed by atoms with Gasteiger partial charge in [-0.3, -0.25) is 9.69 Å². The SMILES string of the molecule is CN1C(=O)N(CC(O)c2cncnc2)C(=O)C1(C)C1CCCCC1. The van der Waals surface area contributed by atoms with E-state index in [1.54, 1.807) is 11.9 Å². The van der Waals surface area contributed by atoms with E-state index in [1.165, 1.54) is 30.0 Å². The fraction of sp³-hybridized carbons (Fsp3) is 0.647. The Bertz CT molecular complexity index is 618. The number of carbonyl (C=O) groups is 2. The van der Waals surface area contributed by atoms with E-state index in [2.05, 4.69) is 9.97 Å². The maximum Gasteiger partial charge on any atom is 0.327 e. The third-order valence-electron chi connectivity index (χ3n) is 5.61. The number of amides is 3. The first kappa shape index (κ1) is 16.8. The van der Waals surface area contributed by atoms with Crippen LogP contribution < -0.4 is 0 Å². The lowest BCUT2D eigenvalue weighted by Crippen LogP contribution is -2.52. The quantitative estimate of drug-likeness (QED) is 0.849. The second kappa shape index (κ2) is 6.47. The fourth-order valence-electron chi connectivity index (χ4n) is 3.92. The van der Waals surface area contributed by atoms with Crippen molar-refractivity contribution in [3.8, 4) is 0 Å². The van der Waals surface area contributed by atoms with Gasteiger partial charge >= 0.3 is 6.03 Å². The number of nitrogens with zero attached hydrogens (tertiary/aromatic N) is 4. The van der Waals surface area contributed by atoms with Crippen LogP contribution in [-0.2, 0) is 4.79 Å². The third kappa shape index (κ3) is 2.66. The molecule has 0 aromatic carbocycles. The lowest BCUT2D eigenvalue weighted by molar-refractivity contribution is -0.136. The first-order valence-corrected chi connectivity index (χ1v) is 8.49. The van der Waals surface area contributed by atoms with Gasteiger partial charge in [0.05, 0.1) is 6.54 Å². The number of aromatic nitrogens is 2. The molecule has 1 saturated carbocycles. The molecule has 1 aliphatic carbocycles. The first-order valence-electron chi connectivity index (χ1n) is 8.49. The van der Waals surface area contributed by atoms with Crippen LogP contribution in [-0.4, -0.2) is 55.9 Å². The molecule has 7 heteroatoms. The van der Waals surface area contributed by atoms with E-state index in [9.17, 15) is 14.7 Å². The molecule has 2 fully saturated rings. The molecule has 1 N–H and O–H groups in total. The smallest absolute Gasteiger partial charge is 0.327 e. The highest BCUT2D eigenvalue weighted by Gasteiger charge is 2.56. The molecular weight excluding hydrogens is 308 g/mol. The van der Waals surface area contributed by atoms with Crippen LogP contribution in [0.1, 0.15) is 50.7 Å². The van der Waals surface area contributed by atoms with Gasteiger partial charge < -0.3 is 10.0 Å². The molecule has 2 unspecified atom stereocenters. The summed E-state index contributed by atoms with van der Waals surface area (Å²) in [6.45, 7) is 1.79. The average Bonchev–Trinajstić information content (AvgIpc) is 2.79. The predicted molar refractivity (Wildman–Crippen MR) is 86.8 cm³/mol. The molecule has 2 heterocycles. The van der Waals surface area contributed by atoms with E-state index in [0.717, 1.165) is 25.7 Å². The summed E-state index contributed by atoms with van der Waals surface area (Å²) in [4.78, 5) is 36.1. The Morgan fingerprint density at radius 1 is 1.25 bits per heavy atom. The average molecular weight is 332 g/mol. The molecule has 0 spiro atoms. The molecule has 130 valence electrons. The van der Waals surface area contributed by atoms with E-state index >= 15 is 0 Å². The van der Waals surface area contributed by atoms with Crippen molar-refractivity contribution in [2.45, 2.75) is 50.7 Å². The van der Waals surface area contributed by atoms with Crippen LogP contribution in [0.4, 0.5) is 4.79 Å². The summed E-state index contributed by atoms with van der Waals surface area (Å²) in [6.07, 6.45) is 8.68. The van der Waals surface area contributed by atoms with Crippen LogP contribution in [0.3, 0.4) is 0 Å². The Morgan fingerprint density at radius 3 is 2.50 bits per heavy atom. The maximum atomic E-state index is 13.0. The molecule has 1 saturated heterocycles. The van der Waals surface area contributed by atoms with Gasteiger partial charge in [0.15, 0.2) is 0 Å². The molecule has 7 nitrogen and oxygen atoms in total. The molecule has 3 amide bonds. The van der Waals surface area contributed by atoms with Gasteiger partial charge in [0.25, 0.3) is 5.91 Å². The molecule has 0 radical (unpaired) electrons. The Hall–Kier alpha value is -2.02. The molecule has 24 heavy (non-hydrogen) atoms. The predicted octanol–water partition coefficient (Wildman–Crippen LogP) is 1.74. The van der Waals surface area contributed by atoms with Crippen molar-refractivity contribution in [2.24, 2.45) is 5.92 Å². The lowest BCUT2D eigenvalue weighted by atomic mass is 9.75. The standard InChI is InChI=1S/C17H24N4O3/c1-17(13-6-4-3-5-7-13)15(23)21(16(24)20(17)2)10-14(22)12-8-18-11-19-9-12/h8-9,11,13-14,22H,3-7,10H2,1-2H3. The van der Waals surface area contributed by atoms with Crippen LogP contribution in [0, 0.1) is 5.92 Å². The second-order valence-corrected chi connectivity index (χ2v) is 6.93. The second-order valence-electron chi connectivity index (χ2n) is 6.93. The number of β-amino-alcohol motifs (C(OH)–C–C–N with tert-alkyl or cyclic N) is 1. The number of carbonyl (C=O) groups excluding carboxylic acids is 2. The van der Waals surface area contributed by atoms with Gasteiger partial charge in [-0.15, -0.1) is 0 Å². The van der Waals surface area contributed by atoms with Crippen molar-refractivity contribution in [3.63, 3.8) is 0 Å². The van der Waals surface area contributed by atoms with Crippen LogP contribution in [0.25, 0.3) is 0 Å². The highest BCUT2D eigenvalue weighted by atomic mass is 16.3. The molecule has 0 bridgehead atoms. The van der Waals surface area contributed by atoms with Gasteiger partial charge in [-0.05, 0) is 25.7 Å². The zero-order chi connectivity index (χ0) is 17.3. The van der Waals surface area contributed by atoms with Crippen molar-refractivity contribution < 1.29 is 14.7 Å². The summed E-state index contributed by atoms with van der Waals surface area (Å²) in [6, 6.07) is -0.344. The monoisotopic (exact) mass is 332 g/mol. The minimum atomic E-state index is -0.985. The number of urea groups is 1. The van der Waals surface area contributed by atoms with Gasteiger partial charge in [0.1, 0.15) is 18.0 Å². The highest BCUT2D eigenvalue weighted by Crippen LogP contribution is 2.41. The molecular formula is C17H24N4O3. The zero-order valence-electron chi connectivity index (χ0n) is 14.2. The summed E-state index contributed by atoms with van der Waals surface area (Å²) in [5.41, 5.74) is -0.322. The Morgan fingerprint density at radius 2 is 1.88 bits per heavy atom. The number of aliphatic hydroxyl groups excluding tert-OH is 1. The minimum absolute atomic E-state index is 0.0717. The van der Waals surface area contributed by atoms with Crippen LogP contribution in [0.5, 0.6) is 0 Å². The van der Waals surface area contributed by atoms with Gasteiger partial charge in [0.2, 0.25) is 0 Å². The lowest BCUT2D eigenvalue weighted by Gasteiger charge is -2.38. The van der Waals surface area contributed by atoms with Gasteiger partial charge in [-0.1, -0.05) is 19.3 Å². The fourth-order valence-corrected chi connectivity index (χ4v) is 3.92. The van der Waals surface area contributed by atoms with Gasteiger partial charge in [-0.2, -0.15) is 0 Å². The number of aliphatic hydroxyl groups is 1. The van der Waals surface area contributed by atoms with E-state index < -0.39 is 11.6 Å². The number of likely N-dealkylation sites (N-methyl/N-ethyl adjacent to an activating group) is 1. The number of imide groups is 1. The molecule has 1 aliphatic heterocycles. The Balaban J connectivity index is 1.80. The zero-order valence-corrected chi connectivity index (χ0v) is 14.2. The number of hydrogen-bond acceptors (Lipinski definition) is 5. The van der Waals surface area contributed by atoms with E-state index in [4.69, 9.17) is 0 Å². The van der Waals surface area contributed by atoms with E-state index in [1.807, 2.05) is 6.92 Å². The summed E-state index contributed by atoms with van der Waals surface area (Å²) in [7, 11) is 1.69. The van der Waals surface area contributed by atoms with Gasteiger partial charge in [-0.25, -0.2) is 14.8 Å². The summed E-state index contributed by atoms with van der Waals surface area (Å²) < 4.78 is 0. The van der Waals surface area contributed by atoms with E-state index in [-0.39, 0.29) is 24.4 Å². The number of rotatable bonds is 4.